The lowest BCUT2D eigenvalue weighted by Crippen LogP contribution is -2.14. The number of nitrogens with one attached hydrogen (secondary N) is 1. The van der Waals surface area contributed by atoms with Gasteiger partial charge in [0.2, 0.25) is 0 Å². The van der Waals surface area contributed by atoms with Crippen LogP contribution in [-0.2, 0) is 13.1 Å². The van der Waals surface area contributed by atoms with Crippen LogP contribution in [0, 0.1) is 19.7 Å². The summed E-state index contributed by atoms with van der Waals surface area (Å²) >= 11 is 0. The molecule has 0 fully saturated rings. The molecular weight excluding hydrogens is 291 g/mol. The Bertz CT molecular complexity index is 779. The van der Waals surface area contributed by atoms with Gasteiger partial charge in [-0.05, 0) is 50.2 Å². The van der Waals surface area contributed by atoms with Crippen LogP contribution >= 0.6 is 0 Å². The summed E-state index contributed by atoms with van der Waals surface area (Å²) in [6.07, 6.45) is 1.79. The molecule has 23 heavy (non-hydrogen) atoms. The highest BCUT2D eigenvalue weighted by molar-refractivity contribution is 5.37. The van der Waals surface area contributed by atoms with Gasteiger partial charge in [-0.15, -0.1) is 0 Å². The molecule has 5 heteroatoms. The van der Waals surface area contributed by atoms with Gasteiger partial charge in [-0.25, -0.2) is 9.07 Å². The van der Waals surface area contributed by atoms with E-state index in [1.807, 2.05) is 36.7 Å². The minimum atomic E-state index is -0.243. The fourth-order valence-corrected chi connectivity index (χ4v) is 2.58. The zero-order chi connectivity index (χ0) is 16.2. The molecule has 0 bridgehead atoms. The predicted molar refractivity (Wildman–Crippen MR) is 87.8 cm³/mol. The van der Waals surface area contributed by atoms with Gasteiger partial charge in [0.1, 0.15) is 5.82 Å². The second kappa shape index (κ2) is 6.71. The van der Waals surface area contributed by atoms with Gasteiger partial charge in [-0.1, -0.05) is 6.07 Å². The summed E-state index contributed by atoms with van der Waals surface area (Å²) in [5.74, 6) is -0.243. The van der Waals surface area contributed by atoms with Crippen molar-refractivity contribution in [2.24, 2.45) is 0 Å². The Balaban J connectivity index is 1.74. The molecule has 4 nitrogen and oxygen atoms in total. The molecule has 0 aliphatic carbocycles. The molecule has 1 aromatic carbocycles. The first-order valence-corrected chi connectivity index (χ1v) is 7.57. The lowest BCUT2D eigenvalue weighted by Gasteiger charge is -2.07. The Labute approximate surface area is 135 Å². The number of benzene rings is 1. The molecule has 2 heterocycles. The highest BCUT2D eigenvalue weighted by Gasteiger charge is 2.12. The molecule has 0 radical (unpaired) electrons. The van der Waals surface area contributed by atoms with Crippen molar-refractivity contribution in [3.05, 3.63) is 77.1 Å². The zero-order valence-electron chi connectivity index (χ0n) is 13.3. The summed E-state index contributed by atoms with van der Waals surface area (Å²) in [7, 11) is 0. The summed E-state index contributed by atoms with van der Waals surface area (Å²) < 4.78 is 14.9. The first kappa shape index (κ1) is 15.4. The average Bonchev–Trinajstić information content (AvgIpc) is 2.85. The molecule has 0 spiro atoms. The van der Waals surface area contributed by atoms with E-state index in [0.29, 0.717) is 6.54 Å². The number of aromatic nitrogens is 3. The van der Waals surface area contributed by atoms with Crippen LogP contribution in [0.25, 0.3) is 5.69 Å². The maximum absolute atomic E-state index is 13.1. The Kier molecular flexibility index (Phi) is 4.48. The quantitative estimate of drug-likeness (QED) is 0.786. The van der Waals surface area contributed by atoms with Crippen LogP contribution in [0.5, 0.6) is 0 Å². The highest BCUT2D eigenvalue weighted by atomic mass is 19.1. The van der Waals surface area contributed by atoms with Crippen molar-refractivity contribution >= 4 is 0 Å². The molecule has 0 saturated heterocycles. The summed E-state index contributed by atoms with van der Waals surface area (Å²) in [5.41, 5.74) is 5.06. The van der Waals surface area contributed by atoms with Crippen molar-refractivity contribution < 1.29 is 4.39 Å². The molecule has 0 saturated carbocycles. The van der Waals surface area contributed by atoms with E-state index in [2.05, 4.69) is 15.4 Å². The van der Waals surface area contributed by atoms with Crippen molar-refractivity contribution in [1.82, 2.24) is 20.1 Å². The Morgan fingerprint density at radius 3 is 2.52 bits per heavy atom. The molecule has 118 valence electrons. The fraction of sp³-hybridized carbons (Fsp3) is 0.222. The smallest absolute Gasteiger partial charge is 0.123 e. The molecular formula is C18H19FN4. The predicted octanol–water partition coefficient (Wildman–Crippen LogP) is 3.31. The standard InChI is InChI=1S/C18H19FN4/c1-13-18(12-20-11-16-5-3-4-10-21-16)14(2)23(22-13)17-8-6-15(19)7-9-17/h3-10,20H,11-12H2,1-2H3. The van der Waals surface area contributed by atoms with Crippen molar-refractivity contribution in [2.75, 3.05) is 0 Å². The van der Waals surface area contributed by atoms with Crippen LogP contribution in [0.1, 0.15) is 22.6 Å². The van der Waals surface area contributed by atoms with Gasteiger partial charge in [0.15, 0.2) is 0 Å². The molecule has 0 unspecified atom stereocenters. The van der Waals surface area contributed by atoms with E-state index in [-0.39, 0.29) is 5.82 Å². The maximum atomic E-state index is 13.1. The van der Waals surface area contributed by atoms with Crippen molar-refractivity contribution in [2.45, 2.75) is 26.9 Å². The largest absolute Gasteiger partial charge is 0.307 e. The number of halogens is 1. The SMILES string of the molecule is Cc1nn(-c2ccc(F)cc2)c(C)c1CNCc1ccccn1. The normalized spacial score (nSPS) is 10.9. The summed E-state index contributed by atoms with van der Waals surface area (Å²) in [6, 6.07) is 12.3. The van der Waals surface area contributed by atoms with E-state index >= 15 is 0 Å². The third kappa shape index (κ3) is 3.46. The highest BCUT2D eigenvalue weighted by Crippen LogP contribution is 2.18. The third-order valence-corrected chi connectivity index (χ3v) is 3.85. The molecule has 0 atom stereocenters. The lowest BCUT2D eigenvalue weighted by molar-refractivity contribution is 0.627. The van der Waals surface area contributed by atoms with Crippen molar-refractivity contribution in [1.29, 1.82) is 0 Å². The van der Waals surface area contributed by atoms with E-state index in [9.17, 15) is 4.39 Å². The Morgan fingerprint density at radius 1 is 1.04 bits per heavy atom. The van der Waals surface area contributed by atoms with Crippen molar-refractivity contribution in [3.8, 4) is 5.69 Å². The van der Waals surface area contributed by atoms with Gasteiger partial charge in [-0.2, -0.15) is 5.10 Å². The first-order chi connectivity index (χ1) is 11.1. The van der Waals surface area contributed by atoms with Crippen LogP contribution in [0.3, 0.4) is 0 Å². The van der Waals surface area contributed by atoms with Gasteiger partial charge >= 0.3 is 0 Å². The number of hydrogen-bond donors (Lipinski definition) is 1. The van der Waals surface area contributed by atoms with E-state index in [4.69, 9.17) is 0 Å². The summed E-state index contributed by atoms with van der Waals surface area (Å²) in [5, 5.41) is 7.97. The van der Waals surface area contributed by atoms with Crippen LogP contribution in [0.4, 0.5) is 4.39 Å². The molecule has 1 N–H and O–H groups in total. The zero-order valence-corrected chi connectivity index (χ0v) is 13.3. The minimum absolute atomic E-state index is 0.243. The minimum Gasteiger partial charge on any atom is -0.307 e. The van der Waals surface area contributed by atoms with Gasteiger partial charge in [-0.3, -0.25) is 4.98 Å². The second-order valence-corrected chi connectivity index (χ2v) is 5.46. The second-order valence-electron chi connectivity index (χ2n) is 5.46. The Morgan fingerprint density at radius 2 is 1.83 bits per heavy atom. The monoisotopic (exact) mass is 310 g/mol. The lowest BCUT2D eigenvalue weighted by atomic mass is 10.2. The van der Waals surface area contributed by atoms with Gasteiger partial charge < -0.3 is 5.32 Å². The molecule has 0 aliphatic heterocycles. The third-order valence-electron chi connectivity index (χ3n) is 3.85. The van der Waals surface area contributed by atoms with Gasteiger partial charge in [0.25, 0.3) is 0 Å². The summed E-state index contributed by atoms with van der Waals surface area (Å²) in [6.45, 7) is 5.45. The van der Waals surface area contributed by atoms with E-state index in [0.717, 1.165) is 34.9 Å². The summed E-state index contributed by atoms with van der Waals surface area (Å²) in [4.78, 5) is 4.30. The number of hydrogen-bond acceptors (Lipinski definition) is 3. The number of rotatable bonds is 5. The van der Waals surface area contributed by atoms with Gasteiger partial charge in [0.05, 0.1) is 17.1 Å². The number of nitrogens with zero attached hydrogens (tertiary/aromatic N) is 3. The van der Waals surface area contributed by atoms with E-state index in [1.165, 1.54) is 12.1 Å². The topological polar surface area (TPSA) is 42.7 Å². The van der Waals surface area contributed by atoms with Crippen LogP contribution in [-0.4, -0.2) is 14.8 Å². The number of pyridine rings is 1. The van der Waals surface area contributed by atoms with Crippen LogP contribution in [0.15, 0.2) is 48.7 Å². The van der Waals surface area contributed by atoms with Crippen LogP contribution < -0.4 is 5.32 Å². The molecule has 3 aromatic rings. The Hall–Kier alpha value is -2.53. The van der Waals surface area contributed by atoms with Crippen molar-refractivity contribution in [3.63, 3.8) is 0 Å². The fourth-order valence-electron chi connectivity index (χ4n) is 2.58. The maximum Gasteiger partial charge on any atom is 0.123 e. The molecule has 0 amide bonds. The molecule has 0 aliphatic rings. The molecule has 3 rings (SSSR count). The average molecular weight is 310 g/mol. The van der Waals surface area contributed by atoms with Gasteiger partial charge in [0, 0.05) is 30.5 Å². The van der Waals surface area contributed by atoms with Crippen LogP contribution in [0.2, 0.25) is 0 Å². The van der Waals surface area contributed by atoms with E-state index in [1.54, 1.807) is 18.3 Å². The number of aryl methyl sites for hydroxylation is 1. The van der Waals surface area contributed by atoms with E-state index < -0.39 is 0 Å². The molecule has 2 aromatic heterocycles. The first-order valence-electron chi connectivity index (χ1n) is 7.57.